The molecule has 0 aliphatic carbocycles. The van der Waals surface area contributed by atoms with E-state index in [2.05, 4.69) is 20.6 Å². The first-order chi connectivity index (χ1) is 9.63. The lowest BCUT2D eigenvalue weighted by molar-refractivity contribution is 0.0694. The number of benzene rings is 1. The van der Waals surface area contributed by atoms with Crippen LogP contribution in [0.5, 0.6) is 11.6 Å². The van der Waals surface area contributed by atoms with Gasteiger partial charge in [0.2, 0.25) is 5.88 Å². The summed E-state index contributed by atoms with van der Waals surface area (Å²) >= 11 is 5.76. The summed E-state index contributed by atoms with van der Waals surface area (Å²) in [5, 5.41) is 24.2. The number of carboxylic acid groups (broad SMARTS) is 1. The van der Waals surface area contributed by atoms with Crippen LogP contribution in [-0.2, 0) is 0 Å². The predicted octanol–water partition coefficient (Wildman–Crippen LogP) is 1.66. The van der Waals surface area contributed by atoms with Gasteiger partial charge in [-0.05, 0) is 34.7 Å². The van der Waals surface area contributed by atoms with E-state index in [1.165, 1.54) is 28.9 Å². The van der Waals surface area contributed by atoms with Crippen molar-refractivity contribution in [2.45, 2.75) is 0 Å². The maximum Gasteiger partial charge on any atom is 0.339 e. The Morgan fingerprint density at radius 3 is 2.95 bits per heavy atom. The Bertz CT molecular complexity index is 804. The highest BCUT2D eigenvalue weighted by molar-refractivity contribution is 6.31. The topological polar surface area (TPSA) is 102 Å². The zero-order valence-corrected chi connectivity index (χ0v) is 10.5. The average Bonchev–Trinajstić information content (AvgIpc) is 2.88. The van der Waals surface area contributed by atoms with Gasteiger partial charge in [0, 0.05) is 11.1 Å². The largest absolute Gasteiger partial charge is 0.478 e. The molecule has 0 bridgehead atoms. The van der Waals surface area contributed by atoms with Crippen LogP contribution in [0.25, 0.3) is 5.65 Å². The summed E-state index contributed by atoms with van der Waals surface area (Å²) < 4.78 is 6.61. The third-order valence-corrected chi connectivity index (χ3v) is 2.67. The van der Waals surface area contributed by atoms with Gasteiger partial charge < -0.3 is 9.84 Å². The number of aromatic carboxylic acids is 1. The van der Waals surface area contributed by atoms with Crippen LogP contribution in [-0.4, -0.2) is 36.3 Å². The van der Waals surface area contributed by atoms with E-state index in [0.29, 0.717) is 10.7 Å². The number of ether oxygens (including phenoxy) is 1. The Morgan fingerprint density at radius 1 is 1.30 bits per heavy atom. The normalized spacial score (nSPS) is 10.7. The summed E-state index contributed by atoms with van der Waals surface area (Å²) in [6, 6.07) is 7.41. The highest BCUT2D eigenvalue weighted by atomic mass is 35.5. The minimum Gasteiger partial charge on any atom is -0.478 e. The highest BCUT2D eigenvalue weighted by Gasteiger charge is 2.13. The maximum atomic E-state index is 11.1. The molecule has 1 aromatic carbocycles. The molecule has 100 valence electrons. The molecule has 0 aliphatic rings. The molecule has 0 radical (unpaired) electrons. The first-order valence-corrected chi connectivity index (χ1v) is 5.77. The molecule has 0 aliphatic heterocycles. The summed E-state index contributed by atoms with van der Waals surface area (Å²) in [6.45, 7) is 0. The van der Waals surface area contributed by atoms with Crippen LogP contribution in [0.1, 0.15) is 10.4 Å². The molecule has 2 heterocycles. The molecule has 3 rings (SSSR count). The van der Waals surface area contributed by atoms with Crippen molar-refractivity contribution in [1.82, 2.24) is 25.3 Å². The predicted molar refractivity (Wildman–Crippen MR) is 67.1 cm³/mol. The van der Waals surface area contributed by atoms with E-state index in [9.17, 15) is 4.79 Å². The third kappa shape index (κ3) is 2.24. The molecule has 0 saturated heterocycles. The standard InChI is InChI=1S/C11H6ClN5O3/c12-6-1-2-8(7(5-6)11(18)19)20-10-4-3-9-13-15-16-17(9)14-10/h1-5H,(H,18,19). The monoisotopic (exact) mass is 291 g/mol. The first kappa shape index (κ1) is 12.3. The number of tetrazole rings is 1. The number of carboxylic acids is 1. The van der Waals surface area contributed by atoms with Crippen LogP contribution in [0.3, 0.4) is 0 Å². The number of aromatic nitrogens is 5. The maximum absolute atomic E-state index is 11.1. The van der Waals surface area contributed by atoms with E-state index in [1.807, 2.05) is 0 Å². The van der Waals surface area contributed by atoms with E-state index in [1.54, 1.807) is 6.07 Å². The van der Waals surface area contributed by atoms with Gasteiger partial charge in [-0.25, -0.2) is 4.79 Å². The molecule has 0 saturated carbocycles. The van der Waals surface area contributed by atoms with E-state index in [0.717, 1.165) is 0 Å². The molecule has 0 fully saturated rings. The molecule has 3 aromatic rings. The molecule has 0 amide bonds. The van der Waals surface area contributed by atoms with Crippen molar-refractivity contribution in [3.05, 3.63) is 40.9 Å². The summed E-state index contributed by atoms with van der Waals surface area (Å²) in [5.41, 5.74) is 0.392. The van der Waals surface area contributed by atoms with E-state index in [4.69, 9.17) is 21.4 Å². The van der Waals surface area contributed by atoms with Crippen molar-refractivity contribution < 1.29 is 14.6 Å². The molecule has 0 atom stereocenters. The van der Waals surface area contributed by atoms with Crippen molar-refractivity contribution in [2.24, 2.45) is 0 Å². The van der Waals surface area contributed by atoms with Crippen LogP contribution in [0.4, 0.5) is 0 Å². The lowest BCUT2D eigenvalue weighted by Gasteiger charge is -2.07. The highest BCUT2D eigenvalue weighted by Crippen LogP contribution is 2.26. The third-order valence-electron chi connectivity index (χ3n) is 2.43. The Labute approximate surface area is 116 Å². The van der Waals surface area contributed by atoms with Crippen LogP contribution in [0.15, 0.2) is 30.3 Å². The number of hydrogen-bond acceptors (Lipinski definition) is 6. The molecule has 8 nitrogen and oxygen atoms in total. The fraction of sp³-hybridized carbons (Fsp3) is 0. The van der Waals surface area contributed by atoms with Gasteiger partial charge in [-0.3, -0.25) is 0 Å². The van der Waals surface area contributed by atoms with Gasteiger partial charge in [-0.2, -0.15) is 0 Å². The molecule has 1 N–H and O–H groups in total. The van der Waals surface area contributed by atoms with Gasteiger partial charge in [0.15, 0.2) is 5.65 Å². The minimum atomic E-state index is -1.15. The summed E-state index contributed by atoms with van der Waals surface area (Å²) in [7, 11) is 0. The summed E-state index contributed by atoms with van der Waals surface area (Å²) in [6.07, 6.45) is 0. The zero-order valence-electron chi connectivity index (χ0n) is 9.76. The van der Waals surface area contributed by atoms with Crippen molar-refractivity contribution in [3.8, 4) is 11.6 Å². The van der Waals surface area contributed by atoms with Crippen molar-refractivity contribution in [1.29, 1.82) is 0 Å². The second-order valence-electron chi connectivity index (χ2n) is 3.75. The van der Waals surface area contributed by atoms with E-state index >= 15 is 0 Å². The van der Waals surface area contributed by atoms with Crippen LogP contribution in [0.2, 0.25) is 5.02 Å². The first-order valence-electron chi connectivity index (χ1n) is 5.39. The lowest BCUT2D eigenvalue weighted by atomic mass is 10.2. The fourth-order valence-corrected chi connectivity index (χ4v) is 1.73. The van der Waals surface area contributed by atoms with Gasteiger partial charge in [0.1, 0.15) is 11.3 Å². The lowest BCUT2D eigenvalue weighted by Crippen LogP contribution is -2.02. The number of hydrogen-bond donors (Lipinski definition) is 1. The second kappa shape index (κ2) is 4.74. The minimum absolute atomic E-state index is 0.0592. The Hall–Kier alpha value is -2.74. The Balaban J connectivity index is 1.99. The van der Waals surface area contributed by atoms with E-state index in [-0.39, 0.29) is 17.2 Å². The Kier molecular flexibility index (Phi) is 2.92. The van der Waals surface area contributed by atoms with Gasteiger partial charge >= 0.3 is 5.97 Å². The van der Waals surface area contributed by atoms with Crippen LogP contribution < -0.4 is 4.74 Å². The summed E-state index contributed by atoms with van der Waals surface area (Å²) in [4.78, 5) is 11.1. The number of rotatable bonds is 3. The van der Waals surface area contributed by atoms with E-state index < -0.39 is 5.97 Å². The van der Waals surface area contributed by atoms with Crippen LogP contribution >= 0.6 is 11.6 Å². The fourth-order valence-electron chi connectivity index (χ4n) is 1.56. The van der Waals surface area contributed by atoms with Crippen molar-refractivity contribution >= 4 is 23.2 Å². The Morgan fingerprint density at radius 2 is 2.15 bits per heavy atom. The number of carbonyl (C=O) groups is 1. The molecular formula is C11H6ClN5O3. The molecule has 0 spiro atoms. The zero-order chi connectivity index (χ0) is 14.1. The van der Waals surface area contributed by atoms with Gasteiger partial charge in [0.05, 0.1) is 0 Å². The average molecular weight is 292 g/mol. The summed E-state index contributed by atoms with van der Waals surface area (Å²) in [5.74, 6) is -0.859. The van der Waals surface area contributed by atoms with Crippen LogP contribution in [0, 0.1) is 0 Å². The number of nitrogens with zero attached hydrogens (tertiary/aromatic N) is 5. The number of fused-ring (bicyclic) bond motifs is 1. The van der Waals surface area contributed by atoms with Crippen molar-refractivity contribution in [2.75, 3.05) is 0 Å². The van der Waals surface area contributed by atoms with Crippen molar-refractivity contribution in [3.63, 3.8) is 0 Å². The quantitative estimate of drug-likeness (QED) is 0.782. The molecule has 2 aromatic heterocycles. The molecular weight excluding hydrogens is 286 g/mol. The SMILES string of the molecule is O=C(O)c1cc(Cl)ccc1Oc1ccc2nnnn2n1. The molecule has 0 unspecified atom stereocenters. The van der Waals surface area contributed by atoms with Gasteiger partial charge in [-0.15, -0.1) is 14.8 Å². The molecule has 20 heavy (non-hydrogen) atoms. The van der Waals surface area contributed by atoms with Gasteiger partial charge in [-0.1, -0.05) is 11.6 Å². The smallest absolute Gasteiger partial charge is 0.339 e. The second-order valence-corrected chi connectivity index (χ2v) is 4.18. The molecule has 9 heteroatoms. The van der Waals surface area contributed by atoms with Gasteiger partial charge in [0.25, 0.3) is 0 Å². The number of halogens is 1.